The molecule has 0 unspecified atom stereocenters. The molecular formula is C16H11ClO3. The van der Waals surface area contributed by atoms with Crippen LogP contribution in [0, 0.1) is 0 Å². The normalized spacial score (nSPS) is 14.5. The highest BCUT2D eigenvalue weighted by Crippen LogP contribution is 2.38. The molecule has 0 heterocycles. The van der Waals surface area contributed by atoms with E-state index in [0.29, 0.717) is 27.5 Å². The lowest BCUT2D eigenvalue weighted by molar-refractivity contribution is 0.0888. The molecule has 3 nitrogen and oxygen atoms in total. The van der Waals surface area contributed by atoms with E-state index in [-0.39, 0.29) is 11.6 Å². The van der Waals surface area contributed by atoms with Crippen molar-refractivity contribution in [2.24, 2.45) is 0 Å². The average molecular weight is 287 g/mol. The largest absolute Gasteiger partial charge is 0.496 e. The molecule has 0 amide bonds. The van der Waals surface area contributed by atoms with Gasteiger partial charge in [0.2, 0.25) is 0 Å². The molecule has 0 aromatic heterocycles. The highest BCUT2D eigenvalue weighted by atomic mass is 35.5. The number of methoxy groups -OCH3 is 1. The number of hydrogen-bond acceptors (Lipinski definition) is 3. The van der Waals surface area contributed by atoms with Gasteiger partial charge in [0.25, 0.3) is 0 Å². The standard InChI is InChI=1S/C16H11ClO3/c1-20-13-7-6-9(17)8-12(13)14-15(18)10-4-2-3-5-11(10)16(14)19/h2-8,14H,1H3. The maximum atomic E-state index is 12.5. The van der Waals surface area contributed by atoms with Crippen molar-refractivity contribution in [3.05, 3.63) is 64.2 Å². The van der Waals surface area contributed by atoms with E-state index in [2.05, 4.69) is 0 Å². The van der Waals surface area contributed by atoms with Crippen LogP contribution in [-0.2, 0) is 0 Å². The van der Waals surface area contributed by atoms with Crippen LogP contribution in [0.3, 0.4) is 0 Å². The summed E-state index contributed by atoms with van der Waals surface area (Å²) in [5.41, 5.74) is 1.44. The van der Waals surface area contributed by atoms with E-state index in [1.165, 1.54) is 7.11 Å². The third-order valence-corrected chi connectivity index (χ3v) is 3.72. The number of halogens is 1. The van der Waals surface area contributed by atoms with Gasteiger partial charge in [0, 0.05) is 21.7 Å². The summed E-state index contributed by atoms with van der Waals surface area (Å²) >= 11 is 5.98. The molecule has 0 spiro atoms. The Labute approximate surface area is 121 Å². The molecule has 0 saturated carbocycles. The fourth-order valence-electron chi connectivity index (χ4n) is 2.56. The first kappa shape index (κ1) is 12.9. The van der Waals surface area contributed by atoms with Crippen LogP contribution in [-0.4, -0.2) is 18.7 Å². The minimum atomic E-state index is -0.860. The SMILES string of the molecule is COc1ccc(Cl)cc1C1C(=O)c2ccccc2C1=O. The van der Waals surface area contributed by atoms with E-state index in [1.807, 2.05) is 0 Å². The lowest BCUT2D eigenvalue weighted by Gasteiger charge is -2.12. The highest BCUT2D eigenvalue weighted by Gasteiger charge is 2.40. The molecule has 1 aliphatic rings. The van der Waals surface area contributed by atoms with E-state index in [9.17, 15) is 9.59 Å². The smallest absolute Gasteiger partial charge is 0.178 e. The van der Waals surface area contributed by atoms with Gasteiger partial charge >= 0.3 is 0 Å². The summed E-state index contributed by atoms with van der Waals surface area (Å²) in [7, 11) is 1.50. The molecule has 1 aliphatic carbocycles. The second kappa shape index (κ2) is 4.76. The summed E-state index contributed by atoms with van der Waals surface area (Å²) in [6.45, 7) is 0. The zero-order chi connectivity index (χ0) is 14.3. The van der Waals surface area contributed by atoms with Gasteiger partial charge in [0.05, 0.1) is 7.11 Å². The van der Waals surface area contributed by atoms with Crippen LogP contribution in [0.5, 0.6) is 5.75 Å². The van der Waals surface area contributed by atoms with E-state index in [1.54, 1.807) is 42.5 Å². The third-order valence-electron chi connectivity index (χ3n) is 3.49. The number of benzene rings is 2. The third kappa shape index (κ3) is 1.82. The molecule has 0 fully saturated rings. The minimum absolute atomic E-state index is 0.203. The summed E-state index contributed by atoms with van der Waals surface area (Å²) in [6, 6.07) is 11.8. The topological polar surface area (TPSA) is 43.4 Å². The first-order valence-corrected chi connectivity index (χ1v) is 6.52. The zero-order valence-electron chi connectivity index (χ0n) is 10.7. The zero-order valence-corrected chi connectivity index (χ0v) is 11.5. The quantitative estimate of drug-likeness (QED) is 0.794. The summed E-state index contributed by atoms with van der Waals surface area (Å²) in [5, 5.41) is 0.470. The number of ketones is 2. The van der Waals surface area contributed by atoms with Crippen LogP contribution in [0.1, 0.15) is 32.2 Å². The second-order valence-electron chi connectivity index (χ2n) is 4.59. The number of fused-ring (bicyclic) bond motifs is 1. The molecule has 0 N–H and O–H groups in total. The van der Waals surface area contributed by atoms with Crippen LogP contribution >= 0.6 is 11.6 Å². The van der Waals surface area contributed by atoms with E-state index >= 15 is 0 Å². The molecule has 4 heteroatoms. The number of carbonyl (C=O) groups excluding carboxylic acids is 2. The average Bonchev–Trinajstić information content (AvgIpc) is 2.71. The first-order valence-electron chi connectivity index (χ1n) is 6.14. The summed E-state index contributed by atoms with van der Waals surface area (Å²) in [4.78, 5) is 24.9. The number of hydrogen-bond donors (Lipinski definition) is 0. The maximum absolute atomic E-state index is 12.5. The van der Waals surface area contributed by atoms with Crippen LogP contribution in [0.25, 0.3) is 0 Å². The molecular weight excluding hydrogens is 276 g/mol. The van der Waals surface area contributed by atoms with Gasteiger partial charge in [0.15, 0.2) is 11.6 Å². The predicted molar refractivity (Wildman–Crippen MR) is 75.8 cm³/mol. The van der Waals surface area contributed by atoms with Crippen molar-refractivity contribution < 1.29 is 14.3 Å². The molecule has 0 aliphatic heterocycles. The van der Waals surface area contributed by atoms with Gasteiger partial charge in [-0.3, -0.25) is 9.59 Å². The predicted octanol–water partition coefficient (Wildman–Crippen LogP) is 3.51. The van der Waals surface area contributed by atoms with E-state index in [0.717, 1.165) is 0 Å². The Balaban J connectivity index is 2.16. The van der Waals surface area contributed by atoms with Crippen LogP contribution in [0.4, 0.5) is 0 Å². The Hall–Kier alpha value is -2.13. The number of rotatable bonds is 2. The van der Waals surface area contributed by atoms with Crippen molar-refractivity contribution in [2.45, 2.75) is 5.92 Å². The monoisotopic (exact) mass is 286 g/mol. The van der Waals surface area contributed by atoms with Gasteiger partial charge in [0.1, 0.15) is 11.7 Å². The molecule has 100 valence electrons. The fourth-order valence-corrected chi connectivity index (χ4v) is 2.74. The summed E-state index contributed by atoms with van der Waals surface area (Å²) in [5.74, 6) is -0.771. The summed E-state index contributed by atoms with van der Waals surface area (Å²) < 4.78 is 5.25. The fraction of sp³-hybridized carbons (Fsp3) is 0.125. The Bertz CT molecular complexity index is 686. The van der Waals surface area contributed by atoms with E-state index in [4.69, 9.17) is 16.3 Å². The van der Waals surface area contributed by atoms with Gasteiger partial charge in [-0.1, -0.05) is 35.9 Å². The van der Waals surface area contributed by atoms with Crippen LogP contribution in [0.15, 0.2) is 42.5 Å². The minimum Gasteiger partial charge on any atom is -0.496 e. The van der Waals surface area contributed by atoms with Crippen molar-refractivity contribution in [3.8, 4) is 5.75 Å². The van der Waals surface area contributed by atoms with Gasteiger partial charge in [-0.15, -0.1) is 0 Å². The summed E-state index contributed by atoms with van der Waals surface area (Å²) in [6.07, 6.45) is 0. The Morgan fingerprint density at radius 2 is 1.60 bits per heavy atom. The second-order valence-corrected chi connectivity index (χ2v) is 5.03. The van der Waals surface area contributed by atoms with Crippen molar-refractivity contribution >= 4 is 23.2 Å². The molecule has 0 atom stereocenters. The molecule has 3 rings (SSSR count). The van der Waals surface area contributed by atoms with Crippen LogP contribution in [0.2, 0.25) is 5.02 Å². The Morgan fingerprint density at radius 3 is 2.15 bits per heavy atom. The molecule has 0 bridgehead atoms. The van der Waals surface area contributed by atoms with Gasteiger partial charge in [-0.25, -0.2) is 0 Å². The Kier molecular flexibility index (Phi) is 3.07. The van der Waals surface area contributed by atoms with Gasteiger partial charge in [-0.2, -0.15) is 0 Å². The van der Waals surface area contributed by atoms with Gasteiger partial charge < -0.3 is 4.74 Å². The van der Waals surface area contributed by atoms with Gasteiger partial charge in [-0.05, 0) is 18.2 Å². The molecule has 2 aromatic rings. The van der Waals surface area contributed by atoms with E-state index < -0.39 is 5.92 Å². The van der Waals surface area contributed by atoms with Crippen molar-refractivity contribution in [2.75, 3.05) is 7.11 Å². The first-order chi connectivity index (χ1) is 9.63. The number of Topliss-reactive ketones (excluding diaryl/α,β-unsaturated/α-hetero) is 2. The molecule has 20 heavy (non-hydrogen) atoms. The lowest BCUT2D eigenvalue weighted by Crippen LogP contribution is -2.14. The van der Waals surface area contributed by atoms with Crippen molar-refractivity contribution in [1.82, 2.24) is 0 Å². The van der Waals surface area contributed by atoms with Crippen molar-refractivity contribution in [1.29, 1.82) is 0 Å². The van der Waals surface area contributed by atoms with Crippen LogP contribution < -0.4 is 4.74 Å². The number of ether oxygens (including phenoxy) is 1. The lowest BCUT2D eigenvalue weighted by atomic mass is 9.93. The molecule has 0 radical (unpaired) electrons. The Morgan fingerprint density at radius 1 is 1.00 bits per heavy atom. The van der Waals surface area contributed by atoms with Crippen molar-refractivity contribution in [3.63, 3.8) is 0 Å². The maximum Gasteiger partial charge on any atom is 0.178 e. The highest BCUT2D eigenvalue weighted by molar-refractivity contribution is 6.32. The molecule has 2 aromatic carbocycles. The molecule has 0 saturated heterocycles. The number of carbonyl (C=O) groups is 2.